The van der Waals surface area contributed by atoms with Gasteiger partial charge in [0.25, 0.3) is 0 Å². The standard InChI is InChI=1S/C4H9BrO/c1-4(2)6-3-5/h4H,3H2,1-2H3. The largest absolute Gasteiger partial charge is 0.368 e. The Morgan fingerprint density at radius 1 is 1.67 bits per heavy atom. The van der Waals surface area contributed by atoms with E-state index in [-0.39, 0.29) is 0 Å². The van der Waals surface area contributed by atoms with Crippen LogP contribution in [0.25, 0.3) is 0 Å². The average molecular weight is 153 g/mol. The summed E-state index contributed by atoms with van der Waals surface area (Å²) in [7, 11) is 0. The van der Waals surface area contributed by atoms with Crippen LogP contribution in [0, 0.1) is 0 Å². The molecular formula is C4H9BrO. The van der Waals surface area contributed by atoms with Crippen LogP contribution in [0.3, 0.4) is 0 Å². The molecule has 0 aromatic rings. The molecular weight excluding hydrogens is 144 g/mol. The Morgan fingerprint density at radius 2 is 2.17 bits per heavy atom. The zero-order chi connectivity index (χ0) is 4.99. The summed E-state index contributed by atoms with van der Waals surface area (Å²) in [4.78, 5) is 0. The van der Waals surface area contributed by atoms with Crippen LogP contribution in [0.5, 0.6) is 0 Å². The Hall–Kier alpha value is 0.440. The average Bonchev–Trinajstić information content (AvgIpc) is 1.35. The lowest BCUT2D eigenvalue weighted by Gasteiger charge is -1.99. The van der Waals surface area contributed by atoms with Gasteiger partial charge in [0, 0.05) is 0 Å². The minimum absolute atomic E-state index is 0.351. The van der Waals surface area contributed by atoms with Crippen LogP contribution < -0.4 is 0 Å². The van der Waals surface area contributed by atoms with E-state index in [2.05, 4.69) is 15.9 Å². The molecule has 0 N–H and O–H groups in total. The monoisotopic (exact) mass is 152 g/mol. The number of ether oxygens (including phenoxy) is 1. The molecule has 0 heterocycles. The Balaban J connectivity index is 2.63. The van der Waals surface area contributed by atoms with E-state index in [1.54, 1.807) is 0 Å². The van der Waals surface area contributed by atoms with Gasteiger partial charge in [0.1, 0.15) is 5.52 Å². The van der Waals surface area contributed by atoms with Crippen molar-refractivity contribution in [3.63, 3.8) is 0 Å². The Morgan fingerprint density at radius 3 is 2.17 bits per heavy atom. The smallest absolute Gasteiger partial charge is 0.102 e. The van der Waals surface area contributed by atoms with Crippen molar-refractivity contribution in [1.82, 2.24) is 0 Å². The highest BCUT2D eigenvalue weighted by molar-refractivity contribution is 9.09. The lowest BCUT2D eigenvalue weighted by Crippen LogP contribution is -1.98. The fourth-order valence-corrected chi connectivity index (χ4v) is 0.655. The van der Waals surface area contributed by atoms with Crippen LogP contribution in [0.2, 0.25) is 0 Å². The van der Waals surface area contributed by atoms with Crippen LogP contribution >= 0.6 is 15.9 Å². The molecule has 0 aliphatic heterocycles. The summed E-state index contributed by atoms with van der Waals surface area (Å²) in [6.45, 7) is 4.00. The highest BCUT2D eigenvalue weighted by atomic mass is 79.9. The van der Waals surface area contributed by atoms with Crippen molar-refractivity contribution in [2.75, 3.05) is 5.52 Å². The molecule has 38 valence electrons. The van der Waals surface area contributed by atoms with Gasteiger partial charge in [-0.2, -0.15) is 0 Å². The van der Waals surface area contributed by atoms with Crippen molar-refractivity contribution in [1.29, 1.82) is 0 Å². The van der Waals surface area contributed by atoms with Crippen molar-refractivity contribution in [2.45, 2.75) is 20.0 Å². The van der Waals surface area contributed by atoms with Gasteiger partial charge in [0.05, 0.1) is 6.10 Å². The molecule has 0 saturated carbocycles. The molecule has 0 aromatic carbocycles. The lowest BCUT2D eigenvalue weighted by atomic mass is 10.5. The zero-order valence-electron chi connectivity index (χ0n) is 4.07. The maximum Gasteiger partial charge on any atom is 0.102 e. The first-order chi connectivity index (χ1) is 2.77. The third-order valence-corrected chi connectivity index (χ3v) is 0.661. The quantitative estimate of drug-likeness (QED) is 0.549. The SMILES string of the molecule is CC(C)OCBr. The van der Waals surface area contributed by atoms with Crippen LogP contribution in [0.15, 0.2) is 0 Å². The van der Waals surface area contributed by atoms with E-state index in [9.17, 15) is 0 Å². The van der Waals surface area contributed by atoms with Crippen molar-refractivity contribution in [3.8, 4) is 0 Å². The van der Waals surface area contributed by atoms with Gasteiger partial charge >= 0.3 is 0 Å². The van der Waals surface area contributed by atoms with Crippen molar-refractivity contribution in [2.24, 2.45) is 0 Å². The fourth-order valence-electron chi connectivity index (χ4n) is 0.126. The van der Waals surface area contributed by atoms with E-state index in [0.29, 0.717) is 11.6 Å². The number of hydrogen-bond donors (Lipinski definition) is 0. The van der Waals surface area contributed by atoms with Crippen LogP contribution in [0.1, 0.15) is 13.8 Å². The Kier molecular flexibility index (Phi) is 3.89. The van der Waals surface area contributed by atoms with Gasteiger partial charge in [-0.15, -0.1) is 0 Å². The van der Waals surface area contributed by atoms with E-state index < -0.39 is 0 Å². The highest BCUT2D eigenvalue weighted by Gasteiger charge is 1.84. The predicted octanol–water partition coefficient (Wildman–Crippen LogP) is 1.76. The molecule has 0 bridgehead atoms. The molecule has 0 aromatic heterocycles. The molecule has 6 heavy (non-hydrogen) atoms. The zero-order valence-corrected chi connectivity index (χ0v) is 5.66. The third kappa shape index (κ3) is 4.44. The van der Waals surface area contributed by atoms with E-state index in [1.165, 1.54) is 0 Å². The summed E-state index contributed by atoms with van der Waals surface area (Å²) in [5.74, 6) is 0. The summed E-state index contributed by atoms with van der Waals surface area (Å²) in [5, 5.41) is 0. The summed E-state index contributed by atoms with van der Waals surface area (Å²) >= 11 is 3.13. The number of halogens is 1. The van der Waals surface area contributed by atoms with Crippen molar-refractivity contribution >= 4 is 15.9 Å². The van der Waals surface area contributed by atoms with Crippen molar-refractivity contribution < 1.29 is 4.74 Å². The summed E-state index contributed by atoms with van der Waals surface area (Å²) in [5.41, 5.74) is 0.644. The van der Waals surface area contributed by atoms with Gasteiger partial charge in [-0.1, -0.05) is 15.9 Å². The summed E-state index contributed by atoms with van der Waals surface area (Å²) in [6, 6.07) is 0. The molecule has 1 nitrogen and oxygen atoms in total. The molecule has 0 atom stereocenters. The van der Waals surface area contributed by atoms with Gasteiger partial charge in [0.2, 0.25) is 0 Å². The van der Waals surface area contributed by atoms with Crippen LogP contribution in [-0.4, -0.2) is 11.6 Å². The first-order valence-electron chi connectivity index (χ1n) is 1.95. The molecule has 0 saturated heterocycles. The Bertz CT molecular complexity index is 28.7. The normalized spacial score (nSPS) is 10.0. The second kappa shape index (κ2) is 3.62. The fraction of sp³-hybridized carbons (Fsp3) is 1.00. The molecule has 0 fully saturated rings. The molecule has 0 rings (SSSR count). The minimum atomic E-state index is 0.351. The second-order valence-corrected chi connectivity index (χ2v) is 1.78. The Labute approximate surface area is 46.8 Å². The van der Waals surface area contributed by atoms with E-state index >= 15 is 0 Å². The van der Waals surface area contributed by atoms with Gasteiger partial charge in [-0.3, -0.25) is 0 Å². The third-order valence-electron chi connectivity index (χ3n) is 0.396. The van der Waals surface area contributed by atoms with Gasteiger partial charge in [-0.05, 0) is 13.8 Å². The second-order valence-electron chi connectivity index (χ2n) is 1.32. The number of rotatable bonds is 2. The van der Waals surface area contributed by atoms with Crippen LogP contribution in [-0.2, 0) is 4.74 Å². The van der Waals surface area contributed by atoms with Gasteiger partial charge in [-0.25, -0.2) is 0 Å². The topological polar surface area (TPSA) is 9.23 Å². The van der Waals surface area contributed by atoms with Gasteiger partial charge in [0.15, 0.2) is 0 Å². The molecule has 0 amide bonds. The van der Waals surface area contributed by atoms with E-state index in [1.807, 2.05) is 13.8 Å². The first kappa shape index (κ1) is 6.44. The molecule has 0 aliphatic rings. The summed E-state index contributed by atoms with van der Waals surface area (Å²) < 4.78 is 4.96. The predicted molar refractivity (Wildman–Crippen MR) is 30.0 cm³/mol. The first-order valence-corrected chi connectivity index (χ1v) is 3.07. The van der Waals surface area contributed by atoms with E-state index in [0.717, 1.165) is 0 Å². The molecule has 0 aliphatic carbocycles. The molecule has 0 unspecified atom stereocenters. The number of hydrogen-bond acceptors (Lipinski definition) is 1. The molecule has 2 heteroatoms. The molecule has 0 spiro atoms. The molecule has 0 radical (unpaired) electrons. The van der Waals surface area contributed by atoms with Crippen molar-refractivity contribution in [3.05, 3.63) is 0 Å². The van der Waals surface area contributed by atoms with E-state index in [4.69, 9.17) is 4.74 Å². The summed E-state index contributed by atoms with van der Waals surface area (Å²) in [6.07, 6.45) is 0.351. The number of alkyl halides is 1. The van der Waals surface area contributed by atoms with Crippen LogP contribution in [0.4, 0.5) is 0 Å². The highest BCUT2D eigenvalue weighted by Crippen LogP contribution is 1.89. The maximum absolute atomic E-state index is 4.96. The lowest BCUT2D eigenvalue weighted by molar-refractivity contribution is 0.123. The maximum atomic E-state index is 4.96. The minimum Gasteiger partial charge on any atom is -0.368 e. The van der Waals surface area contributed by atoms with Gasteiger partial charge < -0.3 is 4.74 Å².